The minimum Gasteiger partial charge on any atom is -0.457 e. The van der Waals surface area contributed by atoms with E-state index >= 15 is 0 Å². The van der Waals surface area contributed by atoms with Gasteiger partial charge < -0.3 is 9.47 Å². The van der Waals surface area contributed by atoms with Gasteiger partial charge in [-0.3, -0.25) is 4.79 Å². The van der Waals surface area contributed by atoms with Gasteiger partial charge in [0.25, 0.3) is 0 Å². The van der Waals surface area contributed by atoms with Gasteiger partial charge in [-0.2, -0.15) is 0 Å². The number of benzene rings is 2. The summed E-state index contributed by atoms with van der Waals surface area (Å²) in [6, 6.07) is 10.9. The summed E-state index contributed by atoms with van der Waals surface area (Å²) in [7, 11) is 0. The summed E-state index contributed by atoms with van der Waals surface area (Å²) >= 11 is 0. The Morgan fingerprint density at radius 3 is 2.55 bits per heavy atom. The van der Waals surface area contributed by atoms with Crippen molar-refractivity contribution in [3.63, 3.8) is 0 Å². The van der Waals surface area contributed by atoms with Gasteiger partial charge >= 0.3 is 5.97 Å². The van der Waals surface area contributed by atoms with Crippen LogP contribution in [-0.4, -0.2) is 18.5 Å². The van der Waals surface area contributed by atoms with Crippen molar-refractivity contribution in [2.24, 2.45) is 0 Å². The molecule has 4 heteroatoms. The predicted octanol–water partition coefficient (Wildman–Crippen LogP) is 3.11. The number of esters is 1. The Morgan fingerprint density at radius 2 is 1.85 bits per heavy atom. The zero-order valence-corrected chi connectivity index (χ0v) is 11.1. The van der Waals surface area contributed by atoms with Gasteiger partial charge in [0.1, 0.15) is 5.75 Å². The van der Waals surface area contributed by atoms with Gasteiger partial charge in [-0.25, -0.2) is 4.79 Å². The summed E-state index contributed by atoms with van der Waals surface area (Å²) in [6.07, 6.45) is 1.08. The van der Waals surface area contributed by atoms with Crippen LogP contribution < -0.4 is 4.74 Å². The molecule has 0 aromatic heterocycles. The molecule has 0 aliphatic rings. The third-order valence-corrected chi connectivity index (χ3v) is 2.81. The van der Waals surface area contributed by atoms with Gasteiger partial charge in [0, 0.05) is 11.6 Å². The molecule has 0 saturated heterocycles. The highest BCUT2D eigenvalue weighted by atomic mass is 16.7. The topological polar surface area (TPSA) is 52.6 Å². The molecule has 20 heavy (non-hydrogen) atoms. The van der Waals surface area contributed by atoms with Gasteiger partial charge in [0.05, 0.1) is 0 Å². The highest BCUT2D eigenvalue weighted by molar-refractivity contribution is 5.98. The monoisotopic (exact) mass is 270 g/mol. The van der Waals surface area contributed by atoms with Crippen molar-refractivity contribution in [3.05, 3.63) is 54.6 Å². The van der Waals surface area contributed by atoms with E-state index in [0.29, 0.717) is 11.3 Å². The Labute approximate surface area is 116 Å². The lowest BCUT2D eigenvalue weighted by Crippen LogP contribution is -2.07. The number of hydrogen-bond donors (Lipinski definition) is 0. The van der Waals surface area contributed by atoms with Crippen LogP contribution in [0, 0.1) is 0 Å². The van der Waals surface area contributed by atoms with Gasteiger partial charge in [-0.15, -0.1) is 0 Å². The third kappa shape index (κ3) is 3.23. The Balaban J connectivity index is 2.13. The number of carbonyl (C=O) groups excluding carboxylic acids is 2. The Bertz CT molecular complexity index is 673. The van der Waals surface area contributed by atoms with E-state index in [1.165, 1.54) is 6.92 Å². The predicted molar refractivity (Wildman–Crippen MR) is 75.7 cm³/mol. The largest absolute Gasteiger partial charge is 0.457 e. The van der Waals surface area contributed by atoms with Gasteiger partial charge in [-0.05, 0) is 35.9 Å². The first-order valence-corrected chi connectivity index (χ1v) is 6.07. The van der Waals surface area contributed by atoms with Crippen LogP contribution in [0.2, 0.25) is 0 Å². The van der Waals surface area contributed by atoms with Gasteiger partial charge in [0.15, 0.2) is 5.78 Å². The molecule has 0 amide bonds. The molecule has 0 unspecified atom stereocenters. The third-order valence-electron chi connectivity index (χ3n) is 2.81. The molecule has 0 fully saturated rings. The van der Waals surface area contributed by atoms with Crippen LogP contribution in [0.15, 0.2) is 49.1 Å². The van der Waals surface area contributed by atoms with Crippen LogP contribution >= 0.6 is 0 Å². The molecule has 0 N–H and O–H groups in total. The van der Waals surface area contributed by atoms with Crippen molar-refractivity contribution in [2.45, 2.75) is 6.92 Å². The second-order valence-electron chi connectivity index (χ2n) is 4.21. The minimum absolute atomic E-state index is 0.0311. The Kier molecular flexibility index (Phi) is 4.15. The molecule has 0 aliphatic carbocycles. The van der Waals surface area contributed by atoms with Crippen LogP contribution in [0.25, 0.3) is 10.8 Å². The van der Waals surface area contributed by atoms with Gasteiger partial charge in [-0.1, -0.05) is 24.8 Å². The van der Waals surface area contributed by atoms with Crippen LogP contribution in [-0.2, 0) is 9.53 Å². The fourth-order valence-corrected chi connectivity index (χ4v) is 1.75. The van der Waals surface area contributed by atoms with Crippen LogP contribution in [0.5, 0.6) is 5.75 Å². The van der Waals surface area contributed by atoms with Crippen molar-refractivity contribution in [1.82, 2.24) is 0 Å². The fraction of sp³-hybridized carbons (Fsp3) is 0.125. The average molecular weight is 270 g/mol. The van der Waals surface area contributed by atoms with E-state index in [2.05, 4.69) is 6.58 Å². The second kappa shape index (κ2) is 6.02. The summed E-state index contributed by atoms with van der Waals surface area (Å²) in [5.41, 5.74) is 0.672. The Morgan fingerprint density at radius 1 is 1.15 bits per heavy atom. The van der Waals surface area contributed by atoms with Crippen molar-refractivity contribution in [2.75, 3.05) is 6.79 Å². The van der Waals surface area contributed by atoms with Crippen molar-refractivity contribution in [3.8, 4) is 5.75 Å². The summed E-state index contributed by atoms with van der Waals surface area (Å²) in [5, 5.41) is 1.90. The molecule has 0 atom stereocenters. The number of ketones is 1. The molecule has 2 aromatic rings. The quantitative estimate of drug-likeness (QED) is 0.362. The highest BCUT2D eigenvalue weighted by Gasteiger charge is 2.03. The molecule has 0 heterocycles. The number of carbonyl (C=O) groups is 2. The summed E-state index contributed by atoms with van der Waals surface area (Å²) in [5.74, 6) is 0.0883. The smallest absolute Gasteiger partial charge is 0.333 e. The second-order valence-corrected chi connectivity index (χ2v) is 4.21. The number of rotatable bonds is 5. The van der Waals surface area contributed by atoms with E-state index < -0.39 is 5.97 Å². The first-order chi connectivity index (χ1) is 9.60. The lowest BCUT2D eigenvalue weighted by molar-refractivity contribution is -0.144. The first-order valence-electron chi connectivity index (χ1n) is 6.07. The normalized spacial score (nSPS) is 10.1. The van der Waals surface area contributed by atoms with E-state index in [4.69, 9.17) is 9.47 Å². The fourth-order valence-electron chi connectivity index (χ4n) is 1.75. The van der Waals surface area contributed by atoms with Crippen molar-refractivity contribution in [1.29, 1.82) is 0 Å². The molecular formula is C16H14O4. The molecule has 0 spiro atoms. The molecule has 2 aromatic carbocycles. The van der Waals surface area contributed by atoms with E-state index in [9.17, 15) is 9.59 Å². The summed E-state index contributed by atoms with van der Waals surface area (Å²) in [6.45, 7) is 4.66. The lowest BCUT2D eigenvalue weighted by Gasteiger charge is -2.07. The number of fused-ring (bicyclic) bond motifs is 1. The standard InChI is InChI=1S/C16H14O4/c1-3-16(18)20-10-19-15-7-6-13-8-12(11(2)17)4-5-14(13)9-15/h3-9H,1,10H2,2H3. The maximum absolute atomic E-state index is 11.3. The van der Waals surface area contributed by atoms with Crippen LogP contribution in [0.3, 0.4) is 0 Å². The molecule has 102 valence electrons. The minimum atomic E-state index is -0.531. The van der Waals surface area contributed by atoms with E-state index in [0.717, 1.165) is 16.8 Å². The summed E-state index contributed by atoms with van der Waals surface area (Å²) < 4.78 is 10.0. The molecule has 4 nitrogen and oxygen atoms in total. The zero-order chi connectivity index (χ0) is 14.5. The van der Waals surface area contributed by atoms with Crippen molar-refractivity contribution >= 4 is 22.5 Å². The molecule has 0 bridgehead atoms. The maximum atomic E-state index is 11.3. The number of ether oxygens (including phenoxy) is 2. The SMILES string of the molecule is C=CC(=O)OCOc1ccc2cc(C(C)=O)ccc2c1. The highest BCUT2D eigenvalue weighted by Crippen LogP contribution is 2.22. The first kappa shape index (κ1) is 13.8. The summed E-state index contributed by atoms with van der Waals surface area (Å²) in [4.78, 5) is 22.2. The Hall–Kier alpha value is -2.62. The zero-order valence-electron chi connectivity index (χ0n) is 11.1. The van der Waals surface area contributed by atoms with Gasteiger partial charge in [0.2, 0.25) is 6.79 Å². The molecule has 0 aliphatic heterocycles. The number of Topliss-reactive ketones (excluding diaryl/α,β-unsaturated/α-hetero) is 1. The van der Waals surface area contributed by atoms with Crippen molar-refractivity contribution < 1.29 is 19.1 Å². The van der Waals surface area contributed by atoms with Crippen LogP contribution in [0.1, 0.15) is 17.3 Å². The molecule has 2 rings (SSSR count). The average Bonchev–Trinajstić information content (AvgIpc) is 2.46. The maximum Gasteiger partial charge on any atom is 0.333 e. The van der Waals surface area contributed by atoms with E-state index in [1.807, 2.05) is 24.3 Å². The van der Waals surface area contributed by atoms with E-state index in [1.54, 1.807) is 12.1 Å². The van der Waals surface area contributed by atoms with Crippen LogP contribution in [0.4, 0.5) is 0 Å². The molecular weight excluding hydrogens is 256 g/mol. The number of hydrogen-bond acceptors (Lipinski definition) is 4. The lowest BCUT2D eigenvalue weighted by atomic mass is 10.0. The molecule has 0 saturated carbocycles. The van der Waals surface area contributed by atoms with E-state index in [-0.39, 0.29) is 12.6 Å². The molecule has 0 radical (unpaired) electrons.